The molecule has 1 amide bonds. The molecule has 1 aromatic carbocycles. The largest absolute Gasteiger partial charge is 0.451 e. The molecule has 0 unspecified atom stereocenters. The van der Waals surface area contributed by atoms with Crippen LogP contribution in [0.15, 0.2) is 27.5 Å². The highest BCUT2D eigenvalue weighted by Gasteiger charge is 2.27. The molecular weight excluding hydrogens is 412 g/mol. The molecule has 0 bridgehead atoms. The Morgan fingerprint density at radius 1 is 0.968 bits per heavy atom. The zero-order valence-corrected chi connectivity index (χ0v) is 19.3. The number of furan rings is 1. The Labute approximate surface area is 185 Å². The van der Waals surface area contributed by atoms with Crippen molar-refractivity contribution in [3.8, 4) is 0 Å². The van der Waals surface area contributed by atoms with Crippen LogP contribution in [-0.4, -0.2) is 37.8 Å². The summed E-state index contributed by atoms with van der Waals surface area (Å²) in [5.74, 6) is 0.0950. The minimum Gasteiger partial charge on any atom is -0.451 e. The van der Waals surface area contributed by atoms with Crippen LogP contribution in [0, 0.1) is 6.92 Å². The van der Waals surface area contributed by atoms with Crippen molar-refractivity contribution in [1.29, 1.82) is 0 Å². The lowest BCUT2D eigenvalue weighted by atomic mass is 9.96. The number of carbonyl (C=O) groups is 1. The lowest BCUT2D eigenvalue weighted by Gasteiger charge is -2.20. The number of nitrogens with zero attached hydrogens (tertiary/aromatic N) is 1. The molecule has 7 heteroatoms. The fourth-order valence-corrected chi connectivity index (χ4v) is 6.40. The summed E-state index contributed by atoms with van der Waals surface area (Å²) in [5, 5.41) is 3.84. The van der Waals surface area contributed by atoms with Gasteiger partial charge >= 0.3 is 0 Å². The monoisotopic (exact) mass is 446 g/mol. The lowest BCUT2D eigenvalue weighted by molar-refractivity contribution is 0.0903. The lowest BCUT2D eigenvalue weighted by Crippen LogP contribution is -2.35. The van der Waals surface area contributed by atoms with Crippen LogP contribution in [0.4, 0.5) is 0 Å². The number of amides is 1. The average Bonchev–Trinajstić information content (AvgIpc) is 2.91. The molecule has 0 radical (unpaired) electrons. The van der Waals surface area contributed by atoms with Crippen molar-refractivity contribution in [2.75, 3.05) is 13.1 Å². The van der Waals surface area contributed by atoms with Gasteiger partial charge in [-0.1, -0.05) is 44.9 Å². The number of carbonyl (C=O) groups excluding carboxylic acids is 1. The quantitative estimate of drug-likeness (QED) is 0.704. The van der Waals surface area contributed by atoms with Crippen LogP contribution < -0.4 is 5.32 Å². The summed E-state index contributed by atoms with van der Waals surface area (Å²) < 4.78 is 33.8. The molecule has 1 aromatic heterocycles. The fraction of sp³-hybridized carbons (Fsp3) is 0.625. The Morgan fingerprint density at radius 2 is 1.58 bits per heavy atom. The summed E-state index contributed by atoms with van der Waals surface area (Å²) in [5.41, 5.74) is 1.25. The number of nitrogens with one attached hydrogen (secondary N) is 1. The highest BCUT2D eigenvalue weighted by Crippen LogP contribution is 2.30. The first-order chi connectivity index (χ1) is 15.0. The predicted octanol–water partition coefficient (Wildman–Crippen LogP) is 5.15. The van der Waals surface area contributed by atoms with Crippen LogP contribution in [0.5, 0.6) is 0 Å². The molecule has 4 rings (SSSR count). The van der Waals surface area contributed by atoms with E-state index in [1.54, 1.807) is 22.5 Å². The highest BCUT2D eigenvalue weighted by atomic mass is 32.2. The molecule has 0 spiro atoms. The molecule has 2 aliphatic rings. The minimum absolute atomic E-state index is 0.180. The van der Waals surface area contributed by atoms with Crippen LogP contribution in [0.3, 0.4) is 0 Å². The van der Waals surface area contributed by atoms with Gasteiger partial charge < -0.3 is 9.73 Å². The van der Waals surface area contributed by atoms with Crippen LogP contribution in [0.25, 0.3) is 11.0 Å². The number of benzene rings is 1. The van der Waals surface area contributed by atoms with Gasteiger partial charge in [-0.3, -0.25) is 4.79 Å². The topological polar surface area (TPSA) is 79.6 Å². The normalized spacial score (nSPS) is 20.2. The van der Waals surface area contributed by atoms with Gasteiger partial charge in [0.15, 0.2) is 5.76 Å². The van der Waals surface area contributed by atoms with Crippen LogP contribution in [-0.2, 0) is 10.0 Å². The molecular formula is C24H34N2O4S. The Kier molecular flexibility index (Phi) is 7.02. The first kappa shape index (κ1) is 22.3. The first-order valence-electron chi connectivity index (χ1n) is 11.8. The maximum absolute atomic E-state index is 13.2. The molecule has 2 aromatic rings. The molecule has 6 nitrogen and oxygen atoms in total. The highest BCUT2D eigenvalue weighted by molar-refractivity contribution is 7.89. The molecule has 2 fully saturated rings. The van der Waals surface area contributed by atoms with Gasteiger partial charge in [-0.2, -0.15) is 4.31 Å². The van der Waals surface area contributed by atoms with Gasteiger partial charge in [-0.15, -0.1) is 0 Å². The zero-order valence-electron chi connectivity index (χ0n) is 18.5. The maximum atomic E-state index is 13.2. The van der Waals surface area contributed by atoms with E-state index < -0.39 is 10.0 Å². The summed E-state index contributed by atoms with van der Waals surface area (Å²) >= 11 is 0. The molecule has 1 aliphatic heterocycles. The SMILES string of the molecule is Cc1c(C(=O)NC2CCCCCCC2)oc2ccc(S(=O)(=O)N3CCCCCC3)cc12. The second-order valence-electron chi connectivity index (χ2n) is 9.05. The number of fused-ring (bicyclic) bond motifs is 1. The van der Waals surface area contributed by atoms with Crippen molar-refractivity contribution in [2.45, 2.75) is 88.5 Å². The zero-order chi connectivity index (χ0) is 21.8. The van der Waals surface area contributed by atoms with Gasteiger partial charge in [0.2, 0.25) is 10.0 Å². The first-order valence-corrected chi connectivity index (χ1v) is 13.2. The van der Waals surface area contributed by atoms with Gasteiger partial charge in [-0.25, -0.2) is 8.42 Å². The molecule has 2 heterocycles. The third-order valence-electron chi connectivity index (χ3n) is 6.76. The molecule has 1 N–H and O–H groups in total. The van der Waals surface area contributed by atoms with Crippen molar-refractivity contribution in [2.24, 2.45) is 0 Å². The van der Waals surface area contributed by atoms with Crippen LogP contribution >= 0.6 is 0 Å². The van der Waals surface area contributed by atoms with Gasteiger partial charge in [0.25, 0.3) is 5.91 Å². The molecule has 1 saturated heterocycles. The van der Waals surface area contributed by atoms with Gasteiger partial charge in [0.1, 0.15) is 5.58 Å². The Balaban J connectivity index is 1.56. The average molecular weight is 447 g/mol. The van der Waals surface area contributed by atoms with Crippen molar-refractivity contribution < 1.29 is 17.6 Å². The smallest absolute Gasteiger partial charge is 0.287 e. The van der Waals surface area contributed by atoms with Gasteiger partial charge in [-0.05, 0) is 50.8 Å². The van der Waals surface area contributed by atoms with E-state index in [1.807, 2.05) is 6.92 Å². The van der Waals surface area contributed by atoms with E-state index in [0.717, 1.165) is 51.4 Å². The standard InChI is InChI=1S/C24H34N2O4S/c1-18-21-17-20(31(28,29)26-15-9-5-6-10-16-26)13-14-22(21)30-23(18)24(27)25-19-11-7-3-2-4-8-12-19/h13-14,17,19H,2-12,15-16H2,1H3,(H,25,27). The van der Waals surface area contributed by atoms with E-state index in [4.69, 9.17) is 4.42 Å². The van der Waals surface area contributed by atoms with E-state index in [0.29, 0.717) is 35.4 Å². The number of hydrogen-bond donors (Lipinski definition) is 1. The van der Waals surface area contributed by atoms with Crippen molar-refractivity contribution in [1.82, 2.24) is 9.62 Å². The summed E-state index contributed by atoms with van der Waals surface area (Å²) in [6.07, 6.45) is 12.0. The van der Waals surface area contributed by atoms with Gasteiger partial charge in [0.05, 0.1) is 4.90 Å². The van der Waals surface area contributed by atoms with Crippen molar-refractivity contribution in [3.63, 3.8) is 0 Å². The molecule has 170 valence electrons. The Hall–Kier alpha value is -1.86. The Morgan fingerprint density at radius 3 is 2.26 bits per heavy atom. The van der Waals surface area contributed by atoms with Crippen LogP contribution in [0.1, 0.15) is 86.7 Å². The summed E-state index contributed by atoms with van der Waals surface area (Å²) in [7, 11) is -3.54. The molecule has 0 atom stereocenters. The summed E-state index contributed by atoms with van der Waals surface area (Å²) in [6, 6.07) is 5.13. The van der Waals surface area contributed by atoms with E-state index in [2.05, 4.69) is 5.32 Å². The van der Waals surface area contributed by atoms with Gasteiger partial charge in [0, 0.05) is 30.1 Å². The third-order valence-corrected chi connectivity index (χ3v) is 8.65. The molecule has 1 aliphatic carbocycles. The van der Waals surface area contributed by atoms with Crippen LogP contribution in [0.2, 0.25) is 0 Å². The van der Waals surface area contributed by atoms with E-state index in [1.165, 1.54) is 19.3 Å². The van der Waals surface area contributed by atoms with E-state index in [-0.39, 0.29) is 16.8 Å². The number of aryl methyl sites for hydroxylation is 1. The minimum atomic E-state index is -3.54. The second kappa shape index (κ2) is 9.74. The summed E-state index contributed by atoms with van der Waals surface area (Å²) in [4.78, 5) is 13.2. The Bertz CT molecular complexity index is 1010. The molecule has 31 heavy (non-hydrogen) atoms. The third kappa shape index (κ3) is 4.98. The van der Waals surface area contributed by atoms with Crippen molar-refractivity contribution >= 4 is 26.9 Å². The second-order valence-corrected chi connectivity index (χ2v) is 11.0. The summed E-state index contributed by atoms with van der Waals surface area (Å²) in [6.45, 7) is 2.97. The molecule has 1 saturated carbocycles. The number of rotatable bonds is 4. The van der Waals surface area contributed by atoms with E-state index >= 15 is 0 Å². The van der Waals surface area contributed by atoms with Crippen molar-refractivity contribution in [3.05, 3.63) is 29.5 Å². The fourth-order valence-electron chi connectivity index (χ4n) is 4.86. The van der Waals surface area contributed by atoms with E-state index in [9.17, 15) is 13.2 Å². The maximum Gasteiger partial charge on any atom is 0.287 e. The predicted molar refractivity (Wildman–Crippen MR) is 122 cm³/mol. The number of sulfonamides is 1. The number of hydrogen-bond acceptors (Lipinski definition) is 4.